The van der Waals surface area contributed by atoms with Crippen molar-refractivity contribution in [2.45, 2.75) is 26.2 Å². The number of amides is 1. The third-order valence-corrected chi connectivity index (χ3v) is 6.20. The highest BCUT2D eigenvalue weighted by Gasteiger charge is 2.23. The van der Waals surface area contributed by atoms with E-state index in [1.165, 1.54) is 30.5 Å². The number of fused-ring (bicyclic) bond motifs is 1. The first-order valence-corrected chi connectivity index (χ1v) is 10.7. The van der Waals surface area contributed by atoms with E-state index in [0.29, 0.717) is 11.6 Å². The van der Waals surface area contributed by atoms with E-state index in [1.807, 2.05) is 42.3 Å². The minimum Gasteiger partial charge on any atom is -0.351 e. The van der Waals surface area contributed by atoms with Crippen molar-refractivity contribution in [1.82, 2.24) is 14.8 Å². The SMILES string of the molecule is Cc1ccccc1CCN1CCC[C@H](CN(C)C(=O)c2cc3ccccc3[nH]2)C1. The van der Waals surface area contributed by atoms with Gasteiger partial charge in [-0.25, -0.2) is 0 Å². The molecule has 3 aromatic rings. The van der Waals surface area contributed by atoms with Crippen LogP contribution in [0.25, 0.3) is 10.9 Å². The standard InChI is InChI=1S/C25H31N3O/c1-19-8-3-4-10-21(19)13-15-28-14-7-9-20(18-28)17-27(2)25(29)24-16-22-11-5-6-12-23(22)26-24/h3-6,8,10-12,16,20,26H,7,9,13-15,17-18H2,1-2H3/t20-/m1/s1. The Morgan fingerprint density at radius 2 is 1.97 bits per heavy atom. The number of carbonyl (C=O) groups excluding carboxylic acids is 1. The van der Waals surface area contributed by atoms with Crippen molar-refractivity contribution < 1.29 is 4.79 Å². The van der Waals surface area contributed by atoms with Gasteiger partial charge in [0.05, 0.1) is 0 Å². The van der Waals surface area contributed by atoms with Crippen molar-refractivity contribution in [1.29, 1.82) is 0 Å². The van der Waals surface area contributed by atoms with Gasteiger partial charge >= 0.3 is 0 Å². The molecule has 1 N–H and O–H groups in total. The predicted molar refractivity (Wildman–Crippen MR) is 119 cm³/mol. The lowest BCUT2D eigenvalue weighted by atomic mass is 9.96. The number of aromatic nitrogens is 1. The number of hydrogen-bond donors (Lipinski definition) is 1. The van der Waals surface area contributed by atoms with Gasteiger partial charge in [0.15, 0.2) is 0 Å². The molecule has 1 aliphatic rings. The average Bonchev–Trinajstić information content (AvgIpc) is 3.17. The summed E-state index contributed by atoms with van der Waals surface area (Å²) in [5.74, 6) is 0.622. The van der Waals surface area contributed by atoms with Crippen molar-refractivity contribution in [3.05, 3.63) is 71.4 Å². The molecule has 0 bridgehead atoms. The maximum absolute atomic E-state index is 12.9. The maximum atomic E-state index is 12.9. The molecule has 1 aliphatic heterocycles. The van der Waals surface area contributed by atoms with Gasteiger partial charge in [-0.2, -0.15) is 0 Å². The third kappa shape index (κ3) is 4.70. The Labute approximate surface area is 173 Å². The van der Waals surface area contributed by atoms with Crippen LogP contribution in [0.1, 0.15) is 34.5 Å². The molecule has 4 rings (SSSR count). The third-order valence-electron chi connectivity index (χ3n) is 6.20. The molecule has 1 aromatic heterocycles. The number of nitrogens with one attached hydrogen (secondary N) is 1. The Morgan fingerprint density at radius 3 is 2.79 bits per heavy atom. The van der Waals surface area contributed by atoms with Gasteiger partial charge in [-0.15, -0.1) is 0 Å². The average molecular weight is 390 g/mol. The van der Waals surface area contributed by atoms with Crippen molar-refractivity contribution >= 4 is 16.8 Å². The molecule has 152 valence electrons. The van der Waals surface area contributed by atoms with Crippen LogP contribution >= 0.6 is 0 Å². The normalized spacial score (nSPS) is 17.5. The van der Waals surface area contributed by atoms with Gasteiger partial charge in [0, 0.05) is 37.6 Å². The zero-order valence-electron chi connectivity index (χ0n) is 17.5. The van der Waals surface area contributed by atoms with Gasteiger partial charge in [-0.1, -0.05) is 42.5 Å². The Bertz CT molecular complexity index is 944. The van der Waals surface area contributed by atoms with Crippen LogP contribution in [0.15, 0.2) is 54.6 Å². The quantitative estimate of drug-likeness (QED) is 0.674. The van der Waals surface area contributed by atoms with Gasteiger partial charge in [0.25, 0.3) is 5.91 Å². The van der Waals surface area contributed by atoms with Crippen LogP contribution in [-0.4, -0.2) is 53.9 Å². The van der Waals surface area contributed by atoms with E-state index in [9.17, 15) is 4.79 Å². The Kier molecular flexibility index (Phi) is 6.00. The molecule has 29 heavy (non-hydrogen) atoms. The molecule has 4 nitrogen and oxygen atoms in total. The van der Waals surface area contributed by atoms with E-state index in [2.05, 4.69) is 41.1 Å². The molecule has 0 radical (unpaired) electrons. The number of rotatable bonds is 6. The number of carbonyl (C=O) groups is 1. The fourth-order valence-corrected chi connectivity index (χ4v) is 4.54. The summed E-state index contributed by atoms with van der Waals surface area (Å²) < 4.78 is 0. The van der Waals surface area contributed by atoms with E-state index in [0.717, 1.165) is 37.0 Å². The molecule has 1 fully saturated rings. The van der Waals surface area contributed by atoms with Gasteiger partial charge < -0.3 is 14.8 Å². The Hall–Kier alpha value is -2.59. The second-order valence-electron chi connectivity index (χ2n) is 8.44. The fourth-order valence-electron chi connectivity index (χ4n) is 4.54. The highest BCUT2D eigenvalue weighted by Crippen LogP contribution is 2.20. The first-order chi connectivity index (χ1) is 14.1. The lowest BCUT2D eigenvalue weighted by Gasteiger charge is -2.34. The van der Waals surface area contributed by atoms with Gasteiger partial charge in [-0.3, -0.25) is 4.79 Å². The molecule has 0 spiro atoms. The molecule has 4 heteroatoms. The molecule has 0 unspecified atom stereocenters. The zero-order chi connectivity index (χ0) is 20.2. The van der Waals surface area contributed by atoms with Crippen LogP contribution in [0.4, 0.5) is 0 Å². The van der Waals surface area contributed by atoms with Gasteiger partial charge in [0.1, 0.15) is 5.69 Å². The number of hydrogen-bond acceptors (Lipinski definition) is 2. The topological polar surface area (TPSA) is 39.3 Å². The molecular formula is C25H31N3O. The minimum absolute atomic E-state index is 0.0817. The number of nitrogens with zero attached hydrogens (tertiary/aromatic N) is 2. The van der Waals surface area contributed by atoms with E-state index in [4.69, 9.17) is 0 Å². The van der Waals surface area contributed by atoms with Crippen LogP contribution in [0.5, 0.6) is 0 Å². The van der Waals surface area contributed by atoms with Crippen LogP contribution in [0, 0.1) is 12.8 Å². The van der Waals surface area contributed by atoms with Crippen LogP contribution in [0.2, 0.25) is 0 Å². The highest BCUT2D eigenvalue weighted by molar-refractivity contribution is 5.97. The molecule has 2 heterocycles. The maximum Gasteiger partial charge on any atom is 0.270 e. The summed E-state index contributed by atoms with van der Waals surface area (Å²) in [5.41, 5.74) is 4.52. The summed E-state index contributed by atoms with van der Waals surface area (Å²) in [6.07, 6.45) is 3.52. The Morgan fingerprint density at radius 1 is 1.17 bits per heavy atom. The number of likely N-dealkylation sites (tertiary alicyclic amines) is 1. The van der Waals surface area contributed by atoms with Crippen LogP contribution < -0.4 is 0 Å². The summed E-state index contributed by atoms with van der Waals surface area (Å²) in [6.45, 7) is 6.35. The summed E-state index contributed by atoms with van der Waals surface area (Å²) in [6, 6.07) is 18.7. The minimum atomic E-state index is 0.0817. The fraction of sp³-hybridized carbons (Fsp3) is 0.400. The van der Waals surface area contributed by atoms with Crippen molar-refractivity contribution in [2.75, 3.05) is 33.2 Å². The van der Waals surface area contributed by atoms with E-state index in [-0.39, 0.29) is 5.91 Å². The molecule has 2 aromatic carbocycles. The number of H-pyrrole nitrogens is 1. The number of benzene rings is 2. The molecule has 1 atom stereocenters. The van der Waals surface area contributed by atoms with Crippen molar-refractivity contribution in [3.63, 3.8) is 0 Å². The summed E-state index contributed by atoms with van der Waals surface area (Å²) in [5, 5.41) is 1.09. The number of aryl methyl sites for hydroxylation is 1. The summed E-state index contributed by atoms with van der Waals surface area (Å²) >= 11 is 0. The summed E-state index contributed by atoms with van der Waals surface area (Å²) in [4.78, 5) is 20.6. The molecular weight excluding hydrogens is 358 g/mol. The van der Waals surface area contributed by atoms with E-state index >= 15 is 0 Å². The second kappa shape index (κ2) is 8.83. The van der Waals surface area contributed by atoms with Crippen LogP contribution in [-0.2, 0) is 6.42 Å². The zero-order valence-corrected chi connectivity index (χ0v) is 17.5. The van der Waals surface area contributed by atoms with Crippen LogP contribution in [0.3, 0.4) is 0 Å². The van der Waals surface area contributed by atoms with Crippen molar-refractivity contribution in [2.24, 2.45) is 5.92 Å². The second-order valence-corrected chi connectivity index (χ2v) is 8.44. The lowest BCUT2D eigenvalue weighted by molar-refractivity contribution is 0.0725. The smallest absolute Gasteiger partial charge is 0.270 e. The lowest BCUT2D eigenvalue weighted by Crippen LogP contribution is -2.42. The van der Waals surface area contributed by atoms with Gasteiger partial charge in [0.2, 0.25) is 0 Å². The van der Waals surface area contributed by atoms with E-state index in [1.54, 1.807) is 0 Å². The molecule has 0 saturated carbocycles. The number of para-hydroxylation sites is 1. The predicted octanol–water partition coefficient (Wildman–Crippen LogP) is 4.50. The first-order valence-electron chi connectivity index (χ1n) is 10.7. The number of aromatic amines is 1. The molecule has 1 amide bonds. The monoisotopic (exact) mass is 389 g/mol. The number of piperidine rings is 1. The summed E-state index contributed by atoms with van der Waals surface area (Å²) in [7, 11) is 1.93. The Balaban J connectivity index is 1.32. The van der Waals surface area contributed by atoms with Crippen molar-refractivity contribution in [3.8, 4) is 0 Å². The van der Waals surface area contributed by atoms with Gasteiger partial charge in [-0.05, 0) is 61.9 Å². The van der Waals surface area contributed by atoms with E-state index < -0.39 is 0 Å². The first kappa shape index (κ1) is 19.7. The molecule has 1 saturated heterocycles. The highest BCUT2D eigenvalue weighted by atomic mass is 16.2. The molecule has 0 aliphatic carbocycles. The largest absolute Gasteiger partial charge is 0.351 e.